The molecule has 3 aromatic rings. The Morgan fingerprint density at radius 3 is 2.41 bits per heavy atom. The Kier molecular flexibility index (Phi) is 9.94. The van der Waals surface area contributed by atoms with Crippen molar-refractivity contribution in [3.05, 3.63) is 65.7 Å². The number of fused-ring (bicyclic) bond motifs is 3. The molecule has 2 N–H and O–H groups in total. The number of methoxy groups -OCH3 is 1. The molecular formula is C37H44F4N4O4. The third kappa shape index (κ3) is 7.00. The van der Waals surface area contributed by atoms with Gasteiger partial charge in [0.1, 0.15) is 17.3 Å². The van der Waals surface area contributed by atoms with Crippen molar-refractivity contribution in [1.29, 1.82) is 0 Å². The summed E-state index contributed by atoms with van der Waals surface area (Å²) in [7, 11) is 1.67. The number of hydrazine groups is 1. The highest BCUT2D eigenvalue weighted by Crippen LogP contribution is 2.58. The molecule has 4 aliphatic heterocycles. The van der Waals surface area contributed by atoms with Gasteiger partial charge in [0.25, 0.3) is 11.8 Å². The van der Waals surface area contributed by atoms with Crippen molar-refractivity contribution in [3.63, 3.8) is 0 Å². The standard InChI is InChI=1S/C26H28FNO3.C11H16F3N3O/c1-31-25-12-10-18(16-28-14-4-6-20(27)17-28)15-24(25)23-9-3-7-21-19(11-13-26(29)30)5-2-8-22(21)23;1-9(12,13)7-16-4-2-10(3-5-16)8(18)17-11(10,14)6-15-17/h2-3,5,7-10,12,15,20H,4,6,11,13-14,16-17H2,1H3,(H,29,30);15H,2-7H2,1H3. The second kappa shape index (κ2) is 13.9. The van der Waals surface area contributed by atoms with E-state index in [4.69, 9.17) is 9.84 Å². The molecule has 264 valence electrons. The van der Waals surface area contributed by atoms with Gasteiger partial charge in [-0.1, -0.05) is 42.5 Å². The molecule has 3 aromatic carbocycles. The average molecular weight is 685 g/mol. The highest BCUT2D eigenvalue weighted by atomic mass is 19.3. The Labute approximate surface area is 284 Å². The molecule has 4 aliphatic rings. The number of amides is 1. The van der Waals surface area contributed by atoms with E-state index in [2.05, 4.69) is 28.5 Å². The second-order valence-electron chi connectivity index (χ2n) is 13.9. The van der Waals surface area contributed by atoms with Gasteiger partial charge in [-0.05, 0) is 91.3 Å². The van der Waals surface area contributed by atoms with Gasteiger partial charge < -0.3 is 9.84 Å². The maximum absolute atomic E-state index is 14.4. The fourth-order valence-corrected chi connectivity index (χ4v) is 7.85. The Balaban J connectivity index is 0.000000195. The number of carboxylic acid groups (broad SMARTS) is 1. The van der Waals surface area contributed by atoms with Crippen LogP contribution in [0, 0.1) is 5.41 Å². The third-order valence-electron chi connectivity index (χ3n) is 10.4. The van der Waals surface area contributed by atoms with Crippen LogP contribution in [-0.2, 0) is 22.6 Å². The Hall–Kier alpha value is -3.74. The first kappa shape index (κ1) is 35.1. The molecule has 4 heterocycles. The van der Waals surface area contributed by atoms with E-state index in [1.807, 2.05) is 36.4 Å². The van der Waals surface area contributed by atoms with E-state index >= 15 is 0 Å². The Morgan fingerprint density at radius 1 is 1.04 bits per heavy atom. The number of β-lactam (4-membered cyclic amide) rings is 1. The number of carbonyl (C=O) groups excluding carboxylic acids is 1. The molecule has 8 nitrogen and oxygen atoms in total. The molecule has 12 heteroatoms. The highest BCUT2D eigenvalue weighted by Gasteiger charge is 2.77. The van der Waals surface area contributed by atoms with Crippen molar-refractivity contribution in [2.45, 2.75) is 69.9 Å². The predicted molar refractivity (Wildman–Crippen MR) is 179 cm³/mol. The zero-order chi connectivity index (χ0) is 35.0. The molecular weight excluding hydrogens is 640 g/mol. The van der Waals surface area contributed by atoms with Crippen molar-refractivity contribution in [2.75, 3.05) is 46.4 Å². The van der Waals surface area contributed by atoms with Crippen LogP contribution in [-0.4, -0.2) is 96.1 Å². The number of benzene rings is 3. The molecule has 2 atom stereocenters. The molecule has 0 aliphatic carbocycles. The minimum Gasteiger partial charge on any atom is -0.496 e. The van der Waals surface area contributed by atoms with E-state index in [0.717, 1.165) is 63.7 Å². The molecule has 4 fully saturated rings. The summed E-state index contributed by atoms with van der Waals surface area (Å²) in [4.78, 5) is 26.7. The smallest absolute Gasteiger partial charge is 0.303 e. The number of piperidine rings is 2. The number of carboxylic acids is 1. The van der Waals surface area contributed by atoms with Crippen LogP contribution in [0.5, 0.6) is 5.75 Å². The minimum absolute atomic E-state index is 0.105. The van der Waals surface area contributed by atoms with Crippen LogP contribution in [0.2, 0.25) is 0 Å². The normalized spacial score (nSPS) is 23.7. The Morgan fingerprint density at radius 2 is 1.78 bits per heavy atom. The van der Waals surface area contributed by atoms with Crippen LogP contribution < -0.4 is 10.2 Å². The van der Waals surface area contributed by atoms with Gasteiger partial charge in [-0.25, -0.2) is 28.0 Å². The van der Waals surface area contributed by atoms with Crippen molar-refractivity contribution in [2.24, 2.45) is 5.41 Å². The first-order chi connectivity index (χ1) is 23.3. The SMILES string of the molecule is CC(F)(F)CN1CCC2(CC1)C(=O)N1NCC12F.COc1ccc(CN2CCCC(F)C2)cc1-c1cccc2c(CCC(=O)O)cccc12. The highest BCUT2D eigenvalue weighted by molar-refractivity contribution is 5.99. The van der Waals surface area contributed by atoms with Gasteiger partial charge >= 0.3 is 5.97 Å². The molecule has 0 bridgehead atoms. The number of ether oxygens (including phenoxy) is 1. The molecule has 0 aromatic heterocycles. The minimum atomic E-state index is -2.74. The van der Waals surface area contributed by atoms with E-state index in [0.29, 0.717) is 51.9 Å². The van der Waals surface area contributed by atoms with Crippen LogP contribution in [0.4, 0.5) is 17.6 Å². The fourth-order valence-electron chi connectivity index (χ4n) is 7.85. The number of nitrogens with zero attached hydrogens (tertiary/aromatic N) is 3. The zero-order valence-electron chi connectivity index (χ0n) is 28.0. The van der Waals surface area contributed by atoms with E-state index in [1.54, 1.807) is 12.0 Å². The number of nitrogens with one attached hydrogen (secondary N) is 1. The summed E-state index contributed by atoms with van der Waals surface area (Å²) in [6.45, 7) is 3.54. The summed E-state index contributed by atoms with van der Waals surface area (Å²) in [5.41, 5.74) is 5.87. The summed E-state index contributed by atoms with van der Waals surface area (Å²) in [5.74, 6) is -4.56. The molecule has 1 amide bonds. The number of halogens is 4. The number of hydrogen-bond donors (Lipinski definition) is 2. The van der Waals surface area contributed by atoms with Gasteiger partial charge in [-0.2, -0.15) is 0 Å². The van der Waals surface area contributed by atoms with Gasteiger partial charge in [-0.3, -0.25) is 19.4 Å². The molecule has 1 spiro atoms. The number of aryl methyl sites for hydroxylation is 1. The Bertz CT molecular complexity index is 1690. The first-order valence-corrected chi connectivity index (χ1v) is 17.0. The quantitative estimate of drug-likeness (QED) is 0.157. The van der Waals surface area contributed by atoms with Gasteiger partial charge in [-0.15, -0.1) is 0 Å². The lowest BCUT2D eigenvalue weighted by molar-refractivity contribution is -0.297. The van der Waals surface area contributed by atoms with Crippen molar-refractivity contribution in [3.8, 4) is 16.9 Å². The van der Waals surface area contributed by atoms with Crippen molar-refractivity contribution in [1.82, 2.24) is 20.2 Å². The number of likely N-dealkylation sites (tertiary alicyclic amines) is 2. The zero-order valence-corrected chi connectivity index (χ0v) is 28.0. The lowest BCUT2D eigenvalue weighted by atomic mass is 9.61. The largest absolute Gasteiger partial charge is 0.496 e. The number of carbonyl (C=O) groups is 2. The topological polar surface area (TPSA) is 85.4 Å². The maximum atomic E-state index is 14.4. The van der Waals surface area contributed by atoms with Crippen molar-refractivity contribution >= 4 is 22.6 Å². The lowest BCUT2D eigenvalue weighted by Gasteiger charge is -2.67. The van der Waals surface area contributed by atoms with E-state index in [-0.39, 0.29) is 25.4 Å². The molecule has 0 radical (unpaired) electrons. The van der Waals surface area contributed by atoms with Gasteiger partial charge in [0.05, 0.1) is 20.2 Å². The second-order valence-corrected chi connectivity index (χ2v) is 13.9. The summed E-state index contributed by atoms with van der Waals surface area (Å²) in [6, 6.07) is 18.3. The van der Waals surface area contributed by atoms with E-state index < -0.39 is 29.3 Å². The number of alkyl halides is 4. The van der Waals surface area contributed by atoms with Gasteiger partial charge in [0, 0.05) is 32.0 Å². The lowest BCUT2D eigenvalue weighted by Crippen LogP contribution is -2.90. The summed E-state index contributed by atoms with van der Waals surface area (Å²) < 4.78 is 59.7. The van der Waals surface area contributed by atoms with Gasteiger partial charge in [0.2, 0.25) is 5.79 Å². The summed E-state index contributed by atoms with van der Waals surface area (Å²) in [5, 5.41) is 12.3. The third-order valence-corrected chi connectivity index (χ3v) is 10.4. The molecule has 0 saturated carbocycles. The number of rotatable bonds is 9. The summed E-state index contributed by atoms with van der Waals surface area (Å²) >= 11 is 0. The fraction of sp³-hybridized carbons (Fsp3) is 0.514. The first-order valence-electron chi connectivity index (χ1n) is 17.0. The predicted octanol–water partition coefficient (Wildman–Crippen LogP) is 6.22. The molecule has 7 rings (SSSR count). The number of hydrogen-bond acceptors (Lipinski definition) is 6. The van der Waals surface area contributed by atoms with Crippen LogP contribution >= 0.6 is 0 Å². The molecule has 2 unspecified atom stereocenters. The molecule has 4 saturated heterocycles. The number of aliphatic carboxylic acids is 1. The van der Waals surface area contributed by atoms with Crippen LogP contribution in [0.15, 0.2) is 54.6 Å². The van der Waals surface area contributed by atoms with Crippen molar-refractivity contribution < 1.29 is 37.0 Å². The van der Waals surface area contributed by atoms with Crippen LogP contribution in [0.25, 0.3) is 21.9 Å². The molecule has 49 heavy (non-hydrogen) atoms. The van der Waals surface area contributed by atoms with Gasteiger partial charge in [0.15, 0.2) is 0 Å². The van der Waals surface area contributed by atoms with Crippen LogP contribution in [0.1, 0.15) is 50.2 Å². The summed E-state index contributed by atoms with van der Waals surface area (Å²) in [6.07, 6.45) is 2.07. The average Bonchev–Trinajstić information content (AvgIpc) is 3.06. The van der Waals surface area contributed by atoms with E-state index in [9.17, 15) is 27.2 Å². The van der Waals surface area contributed by atoms with E-state index in [1.165, 1.54) is 0 Å². The van der Waals surface area contributed by atoms with Crippen LogP contribution in [0.3, 0.4) is 0 Å². The maximum Gasteiger partial charge on any atom is 0.303 e. The monoisotopic (exact) mass is 684 g/mol.